The third-order valence-electron chi connectivity index (χ3n) is 2.86. The van der Waals surface area contributed by atoms with Gasteiger partial charge in [-0.05, 0) is 24.3 Å². The van der Waals surface area contributed by atoms with Gasteiger partial charge < -0.3 is 10.4 Å². The molecule has 0 saturated heterocycles. The lowest BCUT2D eigenvalue weighted by molar-refractivity contribution is -0.123. The van der Waals surface area contributed by atoms with Gasteiger partial charge in [0, 0.05) is 12.5 Å². The summed E-state index contributed by atoms with van der Waals surface area (Å²) < 4.78 is 0. The molecule has 1 rings (SSSR count). The van der Waals surface area contributed by atoms with Crippen LogP contribution in [0.2, 0.25) is 0 Å². The van der Waals surface area contributed by atoms with Crippen LogP contribution in [0.15, 0.2) is 30.3 Å². The highest BCUT2D eigenvalue weighted by Crippen LogP contribution is 2.20. The number of aliphatic hydroxyl groups is 1. The van der Waals surface area contributed by atoms with Crippen LogP contribution in [0.1, 0.15) is 52.2 Å². The molecule has 0 aliphatic rings. The molecule has 2 N–H and O–H groups in total. The van der Waals surface area contributed by atoms with E-state index in [1.165, 1.54) is 0 Å². The molecular weight excluding hydrogens is 238 g/mol. The fraction of sp³-hybridized carbons (Fsp3) is 0.562. The molecule has 0 saturated carbocycles. The number of hydrogen-bond donors (Lipinski definition) is 2. The van der Waals surface area contributed by atoms with Crippen LogP contribution >= 0.6 is 0 Å². The van der Waals surface area contributed by atoms with Crippen LogP contribution in [0.4, 0.5) is 0 Å². The summed E-state index contributed by atoms with van der Waals surface area (Å²) in [7, 11) is 0. The summed E-state index contributed by atoms with van der Waals surface area (Å²) in [6, 6.07) is 9.49. The standard InChI is InChI=1S/C16H25NO2/c1-12(17-15(19)11-16(2,3)4)10-14(18)13-8-6-5-7-9-13/h5-9,12,14,18H,10-11H2,1-4H3,(H,17,19). The van der Waals surface area contributed by atoms with Crippen LogP contribution in [0.25, 0.3) is 0 Å². The van der Waals surface area contributed by atoms with Crippen molar-refractivity contribution >= 4 is 5.91 Å². The second-order valence-corrected chi connectivity index (χ2v) is 6.37. The Morgan fingerprint density at radius 2 is 1.84 bits per heavy atom. The molecule has 3 heteroatoms. The van der Waals surface area contributed by atoms with Crippen LogP contribution in [0.5, 0.6) is 0 Å². The second kappa shape index (κ2) is 6.71. The second-order valence-electron chi connectivity index (χ2n) is 6.37. The highest BCUT2D eigenvalue weighted by molar-refractivity contribution is 5.76. The van der Waals surface area contributed by atoms with Crippen LogP contribution in [0, 0.1) is 5.41 Å². The average molecular weight is 263 g/mol. The highest BCUT2D eigenvalue weighted by atomic mass is 16.3. The zero-order valence-electron chi connectivity index (χ0n) is 12.3. The van der Waals surface area contributed by atoms with Crippen molar-refractivity contribution in [2.24, 2.45) is 5.41 Å². The third-order valence-corrected chi connectivity index (χ3v) is 2.86. The Labute approximate surface area is 116 Å². The molecule has 0 aliphatic carbocycles. The molecule has 1 aromatic carbocycles. The van der Waals surface area contributed by atoms with Gasteiger partial charge in [-0.15, -0.1) is 0 Å². The largest absolute Gasteiger partial charge is 0.388 e. The van der Waals surface area contributed by atoms with Gasteiger partial charge in [-0.3, -0.25) is 4.79 Å². The maximum atomic E-state index is 11.8. The molecule has 0 heterocycles. The van der Waals surface area contributed by atoms with Crippen LogP contribution < -0.4 is 5.32 Å². The van der Waals surface area contributed by atoms with Gasteiger partial charge in [-0.1, -0.05) is 51.1 Å². The number of amides is 1. The van der Waals surface area contributed by atoms with E-state index in [0.29, 0.717) is 12.8 Å². The minimum Gasteiger partial charge on any atom is -0.388 e. The quantitative estimate of drug-likeness (QED) is 0.857. The van der Waals surface area contributed by atoms with Gasteiger partial charge in [0.15, 0.2) is 0 Å². The molecule has 0 bridgehead atoms. The maximum Gasteiger partial charge on any atom is 0.220 e. The summed E-state index contributed by atoms with van der Waals surface area (Å²) in [4.78, 5) is 11.8. The Bertz CT molecular complexity index is 395. The van der Waals surface area contributed by atoms with Gasteiger partial charge in [0.1, 0.15) is 0 Å². The molecule has 0 aliphatic heterocycles. The van der Waals surface area contributed by atoms with Crippen molar-refractivity contribution < 1.29 is 9.90 Å². The molecule has 2 atom stereocenters. The number of carbonyl (C=O) groups excluding carboxylic acids is 1. The minimum absolute atomic E-state index is 0.0121. The molecule has 19 heavy (non-hydrogen) atoms. The Kier molecular flexibility index (Phi) is 5.55. The third kappa shape index (κ3) is 6.39. The van der Waals surface area contributed by atoms with E-state index in [0.717, 1.165) is 5.56 Å². The number of nitrogens with one attached hydrogen (secondary N) is 1. The summed E-state index contributed by atoms with van der Waals surface area (Å²) in [6.07, 6.45) is 0.490. The van der Waals surface area contributed by atoms with Gasteiger partial charge in [0.2, 0.25) is 5.91 Å². The van der Waals surface area contributed by atoms with Crippen molar-refractivity contribution in [2.45, 2.75) is 52.7 Å². The summed E-state index contributed by atoms with van der Waals surface area (Å²) in [6.45, 7) is 8.04. The first kappa shape index (κ1) is 15.7. The van der Waals surface area contributed by atoms with E-state index in [1.807, 2.05) is 58.0 Å². The summed E-state index contributed by atoms with van der Waals surface area (Å²) >= 11 is 0. The van der Waals surface area contributed by atoms with Crippen molar-refractivity contribution in [2.75, 3.05) is 0 Å². The molecule has 2 unspecified atom stereocenters. The van der Waals surface area contributed by atoms with E-state index in [9.17, 15) is 9.90 Å². The number of aliphatic hydroxyl groups excluding tert-OH is 1. The first-order chi connectivity index (χ1) is 8.78. The zero-order chi connectivity index (χ0) is 14.5. The Morgan fingerprint density at radius 1 is 1.26 bits per heavy atom. The summed E-state index contributed by atoms with van der Waals surface area (Å²) in [5.41, 5.74) is 0.876. The number of hydrogen-bond acceptors (Lipinski definition) is 2. The highest BCUT2D eigenvalue weighted by Gasteiger charge is 2.19. The van der Waals surface area contributed by atoms with E-state index >= 15 is 0 Å². The van der Waals surface area contributed by atoms with Gasteiger partial charge in [-0.25, -0.2) is 0 Å². The minimum atomic E-state index is -0.536. The first-order valence-corrected chi connectivity index (χ1v) is 6.80. The zero-order valence-corrected chi connectivity index (χ0v) is 12.3. The topological polar surface area (TPSA) is 49.3 Å². The predicted molar refractivity (Wildman–Crippen MR) is 77.7 cm³/mol. The van der Waals surface area contributed by atoms with E-state index in [4.69, 9.17) is 0 Å². The monoisotopic (exact) mass is 263 g/mol. The smallest absolute Gasteiger partial charge is 0.220 e. The predicted octanol–water partition coefficient (Wildman–Crippen LogP) is 3.05. The SMILES string of the molecule is CC(CC(O)c1ccccc1)NC(=O)CC(C)(C)C. The normalized spacial score (nSPS) is 14.8. The van der Waals surface area contributed by atoms with Crippen molar-refractivity contribution in [3.63, 3.8) is 0 Å². The van der Waals surface area contributed by atoms with Gasteiger partial charge in [0.25, 0.3) is 0 Å². The fourth-order valence-electron chi connectivity index (χ4n) is 2.01. The maximum absolute atomic E-state index is 11.8. The molecule has 106 valence electrons. The van der Waals surface area contributed by atoms with E-state index < -0.39 is 6.10 Å². The number of carbonyl (C=O) groups is 1. The number of benzene rings is 1. The van der Waals surface area contributed by atoms with E-state index in [-0.39, 0.29) is 17.4 Å². The summed E-state index contributed by atoms with van der Waals surface area (Å²) in [5.74, 6) is 0.0419. The molecule has 0 aromatic heterocycles. The number of rotatable bonds is 5. The van der Waals surface area contributed by atoms with Crippen molar-refractivity contribution in [3.05, 3.63) is 35.9 Å². The van der Waals surface area contributed by atoms with E-state index in [2.05, 4.69) is 5.32 Å². The molecular formula is C16H25NO2. The molecule has 1 aromatic rings. The fourth-order valence-corrected chi connectivity index (χ4v) is 2.01. The molecule has 3 nitrogen and oxygen atoms in total. The van der Waals surface area contributed by atoms with Crippen LogP contribution in [-0.4, -0.2) is 17.1 Å². The van der Waals surface area contributed by atoms with Crippen molar-refractivity contribution in [3.8, 4) is 0 Å². The molecule has 1 amide bonds. The lowest BCUT2D eigenvalue weighted by Crippen LogP contribution is -2.35. The van der Waals surface area contributed by atoms with Crippen LogP contribution in [-0.2, 0) is 4.79 Å². The molecule has 0 fully saturated rings. The van der Waals surface area contributed by atoms with Gasteiger partial charge in [0.05, 0.1) is 6.10 Å². The van der Waals surface area contributed by atoms with Crippen molar-refractivity contribution in [1.29, 1.82) is 0 Å². The Morgan fingerprint density at radius 3 is 2.37 bits per heavy atom. The summed E-state index contributed by atoms with van der Waals surface area (Å²) in [5, 5.41) is 13.0. The Hall–Kier alpha value is -1.35. The van der Waals surface area contributed by atoms with E-state index in [1.54, 1.807) is 0 Å². The van der Waals surface area contributed by atoms with Gasteiger partial charge in [-0.2, -0.15) is 0 Å². The molecule has 0 radical (unpaired) electrons. The van der Waals surface area contributed by atoms with Crippen LogP contribution in [0.3, 0.4) is 0 Å². The van der Waals surface area contributed by atoms with Crippen molar-refractivity contribution in [1.82, 2.24) is 5.32 Å². The molecule has 0 spiro atoms. The Balaban J connectivity index is 2.43. The van der Waals surface area contributed by atoms with Gasteiger partial charge >= 0.3 is 0 Å². The lowest BCUT2D eigenvalue weighted by atomic mass is 9.91. The lowest BCUT2D eigenvalue weighted by Gasteiger charge is -2.21. The average Bonchev–Trinajstić information content (AvgIpc) is 2.27. The first-order valence-electron chi connectivity index (χ1n) is 6.80.